The van der Waals surface area contributed by atoms with E-state index in [1.54, 1.807) is 0 Å². The first-order chi connectivity index (χ1) is 4.20. The van der Waals surface area contributed by atoms with E-state index in [2.05, 4.69) is 36.8 Å². The minimum absolute atomic E-state index is 0.629. The second-order valence-corrected chi connectivity index (χ2v) is 3.28. The molecule has 0 saturated heterocycles. The number of anilines is 1. The van der Waals surface area contributed by atoms with Crippen molar-refractivity contribution in [3.8, 4) is 0 Å². The molecule has 2 nitrogen and oxygen atoms in total. The quantitative estimate of drug-likeness (QED) is 0.701. The van der Waals surface area contributed by atoms with Crippen LogP contribution in [0.5, 0.6) is 0 Å². The van der Waals surface area contributed by atoms with Crippen LogP contribution in [0.4, 0.5) is 5.82 Å². The third-order valence-corrected chi connectivity index (χ3v) is 2.04. The van der Waals surface area contributed by atoms with E-state index in [0.717, 1.165) is 9.08 Å². The highest BCUT2D eigenvalue weighted by atomic mass is 79.9. The van der Waals surface area contributed by atoms with E-state index in [9.17, 15) is 0 Å². The zero-order valence-corrected chi connectivity index (χ0v) is 7.66. The van der Waals surface area contributed by atoms with Crippen LogP contribution in [0.25, 0.3) is 0 Å². The highest BCUT2D eigenvalue weighted by molar-refractivity contribution is 9.11. The molecule has 9 heavy (non-hydrogen) atoms. The molecule has 0 unspecified atom stereocenters. The zero-order chi connectivity index (χ0) is 6.85. The van der Waals surface area contributed by atoms with Gasteiger partial charge in [-0.2, -0.15) is 0 Å². The van der Waals surface area contributed by atoms with Crippen molar-refractivity contribution in [1.82, 2.24) is 0 Å². The van der Waals surface area contributed by atoms with Crippen molar-refractivity contribution in [3.05, 3.63) is 21.2 Å². The molecule has 0 amide bonds. The first kappa shape index (κ1) is 7.02. The van der Waals surface area contributed by atoms with E-state index < -0.39 is 0 Å². The SMILES string of the molecule is Nc1[nH+]c(Br)ccc1Br. The molecule has 4 heteroatoms. The second-order valence-electron chi connectivity index (χ2n) is 1.57. The number of aromatic nitrogens is 1. The molecule has 0 saturated carbocycles. The number of halogens is 2. The van der Waals surface area contributed by atoms with Crippen LogP contribution in [-0.4, -0.2) is 0 Å². The number of hydrogen-bond donors (Lipinski definition) is 1. The lowest BCUT2D eigenvalue weighted by atomic mass is 10.5. The number of rotatable bonds is 0. The summed E-state index contributed by atoms with van der Waals surface area (Å²) in [6, 6.07) is 3.75. The molecule has 0 aliphatic heterocycles. The molecular formula is C5H5Br2N2+. The van der Waals surface area contributed by atoms with Crippen LogP contribution in [0.1, 0.15) is 0 Å². The number of aromatic amines is 1. The van der Waals surface area contributed by atoms with Crippen molar-refractivity contribution >= 4 is 37.7 Å². The molecule has 48 valence electrons. The zero-order valence-electron chi connectivity index (χ0n) is 4.49. The summed E-state index contributed by atoms with van der Waals surface area (Å²) in [6.07, 6.45) is 0. The smallest absolute Gasteiger partial charge is 0.285 e. The maximum Gasteiger partial charge on any atom is 0.285 e. The Kier molecular flexibility index (Phi) is 2.08. The number of pyridine rings is 1. The first-order valence-electron chi connectivity index (χ1n) is 2.33. The van der Waals surface area contributed by atoms with Gasteiger partial charge in [-0.1, -0.05) is 0 Å². The molecule has 1 aromatic rings. The highest BCUT2D eigenvalue weighted by Gasteiger charge is 2.00. The summed E-state index contributed by atoms with van der Waals surface area (Å²) in [5, 5.41) is 0. The van der Waals surface area contributed by atoms with Gasteiger partial charge in [-0.25, -0.2) is 4.98 Å². The fraction of sp³-hybridized carbons (Fsp3) is 0. The standard InChI is InChI=1S/C5H4Br2N2/c6-3-1-2-4(7)9-5(3)8/h1-2H,(H2,8,9)/p+1. The molecule has 3 N–H and O–H groups in total. The van der Waals surface area contributed by atoms with Crippen molar-refractivity contribution in [2.24, 2.45) is 0 Å². The third kappa shape index (κ3) is 1.66. The Hall–Kier alpha value is -0.0900. The maximum absolute atomic E-state index is 5.49. The predicted octanol–water partition coefficient (Wildman–Crippen LogP) is 1.61. The van der Waals surface area contributed by atoms with Crippen LogP contribution in [0.3, 0.4) is 0 Å². The Bertz CT molecular complexity index is 224. The van der Waals surface area contributed by atoms with E-state index in [0.29, 0.717) is 5.82 Å². The molecule has 0 atom stereocenters. The largest absolute Gasteiger partial charge is 0.286 e. The van der Waals surface area contributed by atoms with E-state index in [1.165, 1.54) is 0 Å². The van der Waals surface area contributed by atoms with Crippen molar-refractivity contribution in [2.75, 3.05) is 5.73 Å². The lowest BCUT2D eigenvalue weighted by Crippen LogP contribution is -2.11. The van der Waals surface area contributed by atoms with Gasteiger partial charge in [0.05, 0.1) is 0 Å². The van der Waals surface area contributed by atoms with Crippen LogP contribution in [-0.2, 0) is 0 Å². The Balaban J connectivity index is 3.17. The summed E-state index contributed by atoms with van der Waals surface area (Å²) in [5.41, 5.74) is 5.49. The second kappa shape index (κ2) is 2.66. The Morgan fingerprint density at radius 2 is 2.00 bits per heavy atom. The molecule has 0 aliphatic rings. The van der Waals surface area contributed by atoms with Gasteiger partial charge in [0.2, 0.25) is 0 Å². The van der Waals surface area contributed by atoms with Crippen molar-refractivity contribution in [3.63, 3.8) is 0 Å². The molecule has 1 aromatic heterocycles. The maximum atomic E-state index is 5.49. The predicted molar refractivity (Wildman–Crippen MR) is 42.8 cm³/mol. The van der Waals surface area contributed by atoms with Crippen molar-refractivity contribution in [1.29, 1.82) is 0 Å². The van der Waals surface area contributed by atoms with Gasteiger partial charge in [0, 0.05) is 0 Å². The monoisotopic (exact) mass is 251 g/mol. The van der Waals surface area contributed by atoms with Gasteiger partial charge in [0.15, 0.2) is 4.60 Å². The minimum Gasteiger partial charge on any atom is -0.286 e. The van der Waals surface area contributed by atoms with E-state index in [-0.39, 0.29) is 0 Å². The number of hydrogen-bond acceptors (Lipinski definition) is 1. The van der Waals surface area contributed by atoms with Crippen molar-refractivity contribution < 1.29 is 4.98 Å². The number of H-pyrrole nitrogens is 1. The van der Waals surface area contributed by atoms with Crippen LogP contribution in [0.15, 0.2) is 21.2 Å². The van der Waals surface area contributed by atoms with Crippen LogP contribution in [0.2, 0.25) is 0 Å². The fourth-order valence-electron chi connectivity index (χ4n) is 0.466. The molecule has 0 spiro atoms. The van der Waals surface area contributed by atoms with Gasteiger partial charge >= 0.3 is 0 Å². The van der Waals surface area contributed by atoms with Crippen LogP contribution < -0.4 is 10.7 Å². The van der Waals surface area contributed by atoms with Gasteiger partial charge in [-0.15, -0.1) is 0 Å². The van der Waals surface area contributed by atoms with Crippen LogP contribution >= 0.6 is 31.9 Å². The third-order valence-electron chi connectivity index (χ3n) is 0.887. The summed E-state index contributed by atoms with van der Waals surface area (Å²) in [4.78, 5) is 2.89. The topological polar surface area (TPSA) is 40.2 Å². The summed E-state index contributed by atoms with van der Waals surface area (Å²) < 4.78 is 1.76. The summed E-state index contributed by atoms with van der Waals surface area (Å²) >= 11 is 6.49. The van der Waals surface area contributed by atoms with Gasteiger partial charge in [-0.05, 0) is 44.0 Å². The minimum atomic E-state index is 0.629. The Morgan fingerprint density at radius 3 is 2.44 bits per heavy atom. The molecule has 1 heterocycles. The van der Waals surface area contributed by atoms with Gasteiger partial charge < -0.3 is 0 Å². The van der Waals surface area contributed by atoms with Gasteiger partial charge in [0.1, 0.15) is 4.47 Å². The molecule has 0 bridgehead atoms. The summed E-state index contributed by atoms with van der Waals surface area (Å²) in [7, 11) is 0. The average molecular weight is 253 g/mol. The lowest BCUT2D eigenvalue weighted by molar-refractivity contribution is -0.375. The molecule has 0 fully saturated rings. The molecule has 0 radical (unpaired) electrons. The molecule has 0 aliphatic carbocycles. The normalized spacial score (nSPS) is 9.56. The number of nitrogens with one attached hydrogen (secondary N) is 1. The first-order valence-corrected chi connectivity index (χ1v) is 3.91. The number of nitrogen functional groups attached to an aromatic ring is 1. The van der Waals surface area contributed by atoms with Gasteiger partial charge in [0.25, 0.3) is 5.82 Å². The summed E-state index contributed by atoms with van der Waals surface area (Å²) in [5.74, 6) is 0.629. The average Bonchev–Trinajstić information content (AvgIpc) is 1.80. The Labute approximate surface area is 69.7 Å². The molecular weight excluding hydrogens is 248 g/mol. The van der Waals surface area contributed by atoms with Gasteiger partial charge in [-0.3, -0.25) is 5.73 Å². The fourth-order valence-corrected chi connectivity index (χ4v) is 1.04. The highest BCUT2D eigenvalue weighted by Crippen LogP contribution is 2.14. The Morgan fingerprint density at radius 1 is 1.33 bits per heavy atom. The molecule has 0 aromatic carbocycles. The lowest BCUT2D eigenvalue weighted by Gasteiger charge is -1.89. The van der Waals surface area contributed by atoms with Crippen LogP contribution in [0, 0.1) is 0 Å². The van der Waals surface area contributed by atoms with E-state index in [1.807, 2.05) is 12.1 Å². The van der Waals surface area contributed by atoms with E-state index >= 15 is 0 Å². The van der Waals surface area contributed by atoms with Crippen molar-refractivity contribution in [2.45, 2.75) is 0 Å². The number of nitrogens with two attached hydrogens (primary N) is 1. The molecule has 1 rings (SSSR count). The summed E-state index contributed by atoms with van der Waals surface area (Å²) in [6.45, 7) is 0. The van der Waals surface area contributed by atoms with E-state index in [4.69, 9.17) is 5.73 Å².